The Morgan fingerprint density at radius 3 is 2.52 bits per heavy atom. The van der Waals surface area contributed by atoms with Gasteiger partial charge in [-0.05, 0) is 41.4 Å². The number of esters is 1. The summed E-state index contributed by atoms with van der Waals surface area (Å²) in [7, 11) is 0. The van der Waals surface area contributed by atoms with Gasteiger partial charge in [0.2, 0.25) is 0 Å². The first-order valence-corrected chi connectivity index (χ1v) is 8.05. The zero-order valence-electron chi connectivity index (χ0n) is 12.8. The number of rotatable bonds is 6. The van der Waals surface area contributed by atoms with E-state index in [9.17, 15) is 24.1 Å². The predicted molar refractivity (Wildman–Crippen MR) is 89.3 cm³/mol. The summed E-state index contributed by atoms with van der Waals surface area (Å²) in [6, 6.07) is 7.73. The normalized spacial score (nSPS) is 10.4. The highest BCUT2D eigenvalue weighted by Gasteiger charge is 2.19. The number of halogens is 2. The Balaban J connectivity index is 2.38. The Kier molecular flexibility index (Phi) is 6.11. The molecule has 9 heteroatoms. The van der Waals surface area contributed by atoms with Crippen LogP contribution in [0.2, 0.25) is 0 Å². The van der Waals surface area contributed by atoms with Crippen LogP contribution in [0.1, 0.15) is 22.8 Å². The fourth-order valence-electron chi connectivity index (χ4n) is 1.93. The Morgan fingerprint density at radius 2 is 1.92 bits per heavy atom. The average molecular weight is 384 g/mol. The van der Waals surface area contributed by atoms with Gasteiger partial charge in [0.25, 0.3) is 10.9 Å². The van der Waals surface area contributed by atoms with Crippen LogP contribution in [0, 0.1) is 15.9 Å². The standard InChI is InChI=1S/C16H11ClFNO5S/c1-9(20)24-8-10-2-4-15(13(6-10)19(22)23)25-14-5-3-11(18)7-12(14)16(17)21/h2-7H,8H2,1H3. The van der Waals surface area contributed by atoms with Crippen molar-refractivity contribution in [1.29, 1.82) is 0 Å². The third-order valence-corrected chi connectivity index (χ3v) is 4.38. The Bertz CT molecular complexity index is 858. The molecule has 0 saturated carbocycles. The van der Waals surface area contributed by atoms with Gasteiger partial charge in [-0.3, -0.25) is 19.7 Å². The molecule has 2 rings (SSSR count). The van der Waals surface area contributed by atoms with Crippen molar-refractivity contribution < 1.29 is 23.6 Å². The highest BCUT2D eigenvalue weighted by molar-refractivity contribution is 7.99. The number of carbonyl (C=O) groups is 2. The number of nitro benzene ring substituents is 1. The molecule has 130 valence electrons. The van der Waals surface area contributed by atoms with Crippen LogP contribution in [0.5, 0.6) is 0 Å². The van der Waals surface area contributed by atoms with E-state index < -0.39 is 22.0 Å². The topological polar surface area (TPSA) is 86.5 Å². The molecule has 2 aromatic rings. The molecule has 0 fully saturated rings. The summed E-state index contributed by atoms with van der Waals surface area (Å²) >= 11 is 6.36. The van der Waals surface area contributed by atoms with E-state index in [4.69, 9.17) is 16.3 Å². The molecule has 0 N–H and O–H groups in total. The average Bonchev–Trinajstić information content (AvgIpc) is 2.55. The van der Waals surface area contributed by atoms with Gasteiger partial charge in [-0.25, -0.2) is 4.39 Å². The molecule has 0 bridgehead atoms. The van der Waals surface area contributed by atoms with Crippen LogP contribution in [0.4, 0.5) is 10.1 Å². The quantitative estimate of drug-likeness (QED) is 0.319. The van der Waals surface area contributed by atoms with E-state index in [0.29, 0.717) is 5.56 Å². The maximum Gasteiger partial charge on any atom is 0.302 e. The third-order valence-electron chi connectivity index (χ3n) is 3.04. The van der Waals surface area contributed by atoms with Gasteiger partial charge in [0.1, 0.15) is 12.4 Å². The summed E-state index contributed by atoms with van der Waals surface area (Å²) in [5.41, 5.74) is 0.135. The Morgan fingerprint density at radius 1 is 1.24 bits per heavy atom. The first-order valence-electron chi connectivity index (χ1n) is 6.86. The van der Waals surface area contributed by atoms with Crippen LogP contribution in [0.3, 0.4) is 0 Å². The Labute approximate surface area is 151 Å². The lowest BCUT2D eigenvalue weighted by Crippen LogP contribution is -2.00. The molecule has 0 saturated heterocycles. The molecule has 0 unspecified atom stereocenters. The van der Waals surface area contributed by atoms with Gasteiger partial charge in [-0.1, -0.05) is 17.8 Å². The molecular formula is C16H11ClFNO5S. The number of carbonyl (C=O) groups excluding carboxylic acids is 2. The zero-order valence-corrected chi connectivity index (χ0v) is 14.4. The van der Waals surface area contributed by atoms with Gasteiger partial charge < -0.3 is 4.74 Å². The second-order valence-electron chi connectivity index (χ2n) is 4.86. The predicted octanol–water partition coefficient (Wildman–Crippen LogP) is 4.33. The van der Waals surface area contributed by atoms with Gasteiger partial charge in [0, 0.05) is 17.9 Å². The van der Waals surface area contributed by atoms with Crippen molar-refractivity contribution in [3.8, 4) is 0 Å². The van der Waals surface area contributed by atoms with Crippen LogP contribution in [0.15, 0.2) is 46.2 Å². The summed E-state index contributed by atoms with van der Waals surface area (Å²) in [5, 5.41) is 10.4. The van der Waals surface area contributed by atoms with Gasteiger partial charge in [0.15, 0.2) is 0 Å². The van der Waals surface area contributed by atoms with Crippen LogP contribution < -0.4 is 0 Å². The second-order valence-corrected chi connectivity index (χ2v) is 6.28. The lowest BCUT2D eigenvalue weighted by molar-refractivity contribution is -0.387. The van der Waals surface area contributed by atoms with Crippen molar-refractivity contribution in [3.05, 3.63) is 63.5 Å². The zero-order chi connectivity index (χ0) is 18.6. The first-order chi connectivity index (χ1) is 11.8. The number of benzene rings is 2. The van der Waals surface area contributed by atoms with Gasteiger partial charge in [-0.15, -0.1) is 0 Å². The SMILES string of the molecule is CC(=O)OCc1ccc(Sc2ccc(F)cc2C(=O)Cl)c([N+](=O)[O-])c1. The van der Waals surface area contributed by atoms with Crippen LogP contribution in [-0.4, -0.2) is 16.1 Å². The molecular weight excluding hydrogens is 373 g/mol. The monoisotopic (exact) mass is 383 g/mol. The highest BCUT2D eigenvalue weighted by atomic mass is 35.5. The number of nitro groups is 1. The highest BCUT2D eigenvalue weighted by Crippen LogP contribution is 2.37. The van der Waals surface area contributed by atoms with Crippen molar-refractivity contribution >= 4 is 40.3 Å². The molecule has 0 aliphatic heterocycles. The molecule has 0 heterocycles. The summed E-state index contributed by atoms with van der Waals surface area (Å²) in [4.78, 5) is 33.5. The molecule has 0 aromatic heterocycles. The minimum absolute atomic E-state index is 0.0787. The molecule has 0 aliphatic rings. The lowest BCUT2D eigenvalue weighted by Gasteiger charge is -2.08. The van der Waals surface area contributed by atoms with Crippen LogP contribution in [0.25, 0.3) is 0 Å². The van der Waals surface area contributed by atoms with E-state index in [2.05, 4.69) is 0 Å². The van der Waals surface area contributed by atoms with Crippen LogP contribution in [-0.2, 0) is 16.1 Å². The van der Waals surface area contributed by atoms with Crippen LogP contribution >= 0.6 is 23.4 Å². The van der Waals surface area contributed by atoms with Crippen molar-refractivity contribution in [2.45, 2.75) is 23.3 Å². The molecule has 25 heavy (non-hydrogen) atoms. The van der Waals surface area contributed by atoms with E-state index in [1.165, 1.54) is 25.1 Å². The van der Waals surface area contributed by atoms with Gasteiger partial charge in [0.05, 0.1) is 15.4 Å². The lowest BCUT2D eigenvalue weighted by atomic mass is 10.2. The number of nitrogens with zero attached hydrogens (tertiary/aromatic N) is 1. The minimum atomic E-state index is -0.865. The molecule has 6 nitrogen and oxygen atoms in total. The van der Waals surface area contributed by atoms with E-state index in [1.807, 2.05) is 0 Å². The number of hydrogen-bond acceptors (Lipinski definition) is 6. The van der Waals surface area contributed by atoms with E-state index in [0.717, 1.165) is 23.9 Å². The fourth-order valence-corrected chi connectivity index (χ4v) is 3.15. The third kappa shape index (κ3) is 5.01. The van der Waals surface area contributed by atoms with Gasteiger partial charge >= 0.3 is 5.97 Å². The molecule has 2 aromatic carbocycles. The second kappa shape index (κ2) is 8.09. The molecule has 0 aliphatic carbocycles. The summed E-state index contributed by atoms with van der Waals surface area (Å²) in [6.45, 7) is 1.14. The van der Waals surface area contributed by atoms with Crippen molar-refractivity contribution in [1.82, 2.24) is 0 Å². The van der Waals surface area contributed by atoms with Crippen molar-refractivity contribution in [3.63, 3.8) is 0 Å². The smallest absolute Gasteiger partial charge is 0.302 e. The summed E-state index contributed by atoms with van der Waals surface area (Å²) < 4.78 is 18.1. The minimum Gasteiger partial charge on any atom is -0.461 e. The van der Waals surface area contributed by atoms with E-state index >= 15 is 0 Å². The Hall–Kier alpha value is -2.45. The largest absolute Gasteiger partial charge is 0.461 e. The van der Waals surface area contributed by atoms with Crippen molar-refractivity contribution in [2.24, 2.45) is 0 Å². The van der Waals surface area contributed by atoms with E-state index in [-0.39, 0.29) is 27.6 Å². The van der Waals surface area contributed by atoms with Gasteiger partial charge in [-0.2, -0.15) is 0 Å². The summed E-state index contributed by atoms with van der Waals surface area (Å²) in [6.07, 6.45) is 0. The summed E-state index contributed by atoms with van der Waals surface area (Å²) in [5.74, 6) is -1.14. The molecule has 0 amide bonds. The number of ether oxygens (including phenoxy) is 1. The maximum absolute atomic E-state index is 13.3. The maximum atomic E-state index is 13.3. The van der Waals surface area contributed by atoms with E-state index in [1.54, 1.807) is 6.07 Å². The molecule has 0 spiro atoms. The fraction of sp³-hybridized carbons (Fsp3) is 0.125. The number of hydrogen-bond donors (Lipinski definition) is 0. The van der Waals surface area contributed by atoms with Crippen molar-refractivity contribution in [2.75, 3.05) is 0 Å². The first kappa shape index (κ1) is 18.9. The molecule has 0 atom stereocenters. The molecule has 0 radical (unpaired) electrons.